The molecule has 0 aliphatic rings. The van der Waals surface area contributed by atoms with Gasteiger partial charge in [0.25, 0.3) is 0 Å². The number of thiophene rings is 1. The molecule has 0 nitrogen and oxygen atoms in total. The van der Waals surface area contributed by atoms with Crippen molar-refractivity contribution in [3.8, 4) is 0 Å². The molecule has 1 heterocycles. The van der Waals surface area contributed by atoms with Crippen LogP contribution < -0.4 is 0 Å². The lowest BCUT2D eigenvalue weighted by atomic mass is 10.0. The number of halogens is 2. The second-order valence-corrected chi connectivity index (χ2v) is 5.16. The fourth-order valence-electron chi connectivity index (χ4n) is 1.65. The number of alkyl halides is 2. The molecule has 80 valence electrons. The zero-order valence-corrected chi connectivity index (χ0v) is 10.6. The van der Waals surface area contributed by atoms with E-state index in [1.165, 1.54) is 15.6 Å². The normalized spacial score (nSPS) is 11.4. The summed E-state index contributed by atoms with van der Waals surface area (Å²) in [5.41, 5.74) is 1.38. The standard InChI is InChI=1S/C12H12Cl2S/c13-6-9(7-14)5-10-8-15-12-4-2-1-3-11(10)12/h1-4,8-9H,5-7H2. The molecule has 0 fully saturated rings. The Kier molecular flexibility index (Phi) is 3.90. The van der Waals surface area contributed by atoms with Gasteiger partial charge in [0.05, 0.1) is 0 Å². The lowest BCUT2D eigenvalue weighted by Crippen LogP contribution is -2.07. The van der Waals surface area contributed by atoms with Crippen LogP contribution in [0.1, 0.15) is 5.56 Å². The summed E-state index contributed by atoms with van der Waals surface area (Å²) in [5, 5.41) is 3.57. The van der Waals surface area contributed by atoms with E-state index < -0.39 is 0 Å². The predicted molar refractivity (Wildman–Crippen MR) is 70.5 cm³/mol. The molecule has 0 bridgehead atoms. The van der Waals surface area contributed by atoms with Crippen molar-refractivity contribution in [3.63, 3.8) is 0 Å². The molecule has 1 aromatic carbocycles. The Hall–Kier alpha value is -0.240. The molecule has 15 heavy (non-hydrogen) atoms. The van der Waals surface area contributed by atoms with Crippen molar-refractivity contribution in [2.75, 3.05) is 11.8 Å². The van der Waals surface area contributed by atoms with E-state index in [2.05, 4.69) is 29.6 Å². The molecule has 2 aromatic rings. The fraction of sp³-hybridized carbons (Fsp3) is 0.333. The summed E-state index contributed by atoms with van der Waals surface area (Å²) in [6.45, 7) is 0. The molecule has 0 aliphatic carbocycles. The maximum absolute atomic E-state index is 5.85. The van der Waals surface area contributed by atoms with Crippen molar-refractivity contribution in [1.82, 2.24) is 0 Å². The summed E-state index contributed by atoms with van der Waals surface area (Å²) < 4.78 is 1.34. The topological polar surface area (TPSA) is 0 Å². The van der Waals surface area contributed by atoms with Gasteiger partial charge in [-0.1, -0.05) is 18.2 Å². The zero-order valence-electron chi connectivity index (χ0n) is 8.25. The molecule has 2 rings (SSSR count). The van der Waals surface area contributed by atoms with Gasteiger partial charge in [-0.25, -0.2) is 0 Å². The van der Waals surface area contributed by atoms with Gasteiger partial charge in [-0.15, -0.1) is 34.5 Å². The maximum Gasteiger partial charge on any atom is 0.0345 e. The number of rotatable bonds is 4. The van der Waals surface area contributed by atoms with E-state index in [-0.39, 0.29) is 0 Å². The van der Waals surface area contributed by atoms with E-state index in [9.17, 15) is 0 Å². The summed E-state index contributed by atoms with van der Waals surface area (Å²) in [4.78, 5) is 0. The van der Waals surface area contributed by atoms with Crippen molar-refractivity contribution in [2.45, 2.75) is 6.42 Å². The highest BCUT2D eigenvalue weighted by Gasteiger charge is 2.10. The third-order valence-electron chi connectivity index (χ3n) is 2.51. The van der Waals surface area contributed by atoms with E-state index in [0.29, 0.717) is 17.7 Å². The molecule has 0 aliphatic heterocycles. The van der Waals surface area contributed by atoms with Crippen LogP contribution in [0.5, 0.6) is 0 Å². The summed E-state index contributed by atoms with van der Waals surface area (Å²) in [7, 11) is 0. The molecule has 0 saturated heterocycles. The minimum Gasteiger partial charge on any atom is -0.144 e. The highest BCUT2D eigenvalue weighted by Crippen LogP contribution is 2.28. The Bertz CT molecular complexity index is 432. The van der Waals surface area contributed by atoms with Crippen LogP contribution in [0.4, 0.5) is 0 Å². The lowest BCUT2D eigenvalue weighted by molar-refractivity contribution is 0.666. The average molecular weight is 259 g/mol. The van der Waals surface area contributed by atoms with Crippen molar-refractivity contribution in [3.05, 3.63) is 35.2 Å². The molecule has 3 heteroatoms. The summed E-state index contributed by atoms with van der Waals surface area (Å²) >= 11 is 13.5. The molecule has 0 saturated carbocycles. The molecule has 0 amide bonds. The summed E-state index contributed by atoms with van der Waals surface area (Å²) in [6, 6.07) is 8.47. The molecule has 0 atom stereocenters. The van der Waals surface area contributed by atoms with Crippen LogP contribution in [0.25, 0.3) is 10.1 Å². The number of fused-ring (bicyclic) bond motifs is 1. The number of hydrogen-bond donors (Lipinski definition) is 0. The first-order valence-corrected chi connectivity index (χ1v) is 6.87. The Labute approximate surface area is 104 Å². The zero-order chi connectivity index (χ0) is 10.7. The number of benzene rings is 1. The Balaban J connectivity index is 2.28. The smallest absolute Gasteiger partial charge is 0.0345 e. The van der Waals surface area contributed by atoms with Gasteiger partial charge in [0.1, 0.15) is 0 Å². The Morgan fingerprint density at radius 2 is 1.87 bits per heavy atom. The summed E-state index contributed by atoms with van der Waals surface area (Å²) in [6.07, 6.45) is 0.983. The van der Waals surface area contributed by atoms with E-state index in [4.69, 9.17) is 23.2 Å². The SMILES string of the molecule is ClCC(CCl)Cc1csc2ccccc12. The maximum atomic E-state index is 5.85. The van der Waals surface area contributed by atoms with E-state index in [0.717, 1.165) is 6.42 Å². The molecular formula is C12H12Cl2S. The Morgan fingerprint density at radius 3 is 2.60 bits per heavy atom. The first-order chi connectivity index (χ1) is 7.35. The second-order valence-electron chi connectivity index (χ2n) is 3.64. The van der Waals surface area contributed by atoms with E-state index >= 15 is 0 Å². The van der Waals surface area contributed by atoms with Crippen LogP contribution in [0.3, 0.4) is 0 Å². The predicted octanol–water partition coefficient (Wildman–Crippen LogP) is 4.54. The van der Waals surface area contributed by atoms with Crippen molar-refractivity contribution >= 4 is 44.6 Å². The molecule has 0 radical (unpaired) electrons. The first kappa shape index (κ1) is 11.3. The summed E-state index contributed by atoms with van der Waals surface area (Å²) in [5.74, 6) is 1.65. The third-order valence-corrected chi connectivity index (χ3v) is 4.39. The molecule has 0 spiro atoms. The first-order valence-electron chi connectivity index (χ1n) is 4.92. The van der Waals surface area contributed by atoms with Gasteiger partial charge in [-0.05, 0) is 34.7 Å². The van der Waals surface area contributed by atoms with Crippen LogP contribution in [0.2, 0.25) is 0 Å². The fourth-order valence-corrected chi connectivity index (χ4v) is 3.18. The minimum atomic E-state index is 0.381. The third kappa shape index (κ3) is 2.47. The van der Waals surface area contributed by atoms with Gasteiger partial charge in [0.15, 0.2) is 0 Å². The van der Waals surface area contributed by atoms with Crippen LogP contribution >= 0.6 is 34.5 Å². The van der Waals surface area contributed by atoms with Gasteiger partial charge < -0.3 is 0 Å². The van der Waals surface area contributed by atoms with Crippen LogP contribution in [0, 0.1) is 5.92 Å². The van der Waals surface area contributed by atoms with Crippen LogP contribution in [-0.2, 0) is 6.42 Å². The van der Waals surface area contributed by atoms with E-state index in [1.807, 2.05) is 0 Å². The molecule has 0 unspecified atom stereocenters. The molecular weight excluding hydrogens is 247 g/mol. The largest absolute Gasteiger partial charge is 0.144 e. The second kappa shape index (κ2) is 5.20. The number of hydrogen-bond acceptors (Lipinski definition) is 1. The van der Waals surface area contributed by atoms with Gasteiger partial charge in [0, 0.05) is 16.5 Å². The monoisotopic (exact) mass is 258 g/mol. The lowest BCUT2D eigenvalue weighted by Gasteiger charge is -2.08. The van der Waals surface area contributed by atoms with Crippen molar-refractivity contribution in [1.29, 1.82) is 0 Å². The highest BCUT2D eigenvalue weighted by molar-refractivity contribution is 7.17. The van der Waals surface area contributed by atoms with Gasteiger partial charge in [0.2, 0.25) is 0 Å². The van der Waals surface area contributed by atoms with Gasteiger partial charge in [-0.3, -0.25) is 0 Å². The Morgan fingerprint density at radius 1 is 1.13 bits per heavy atom. The van der Waals surface area contributed by atoms with Crippen molar-refractivity contribution in [2.24, 2.45) is 5.92 Å². The van der Waals surface area contributed by atoms with Gasteiger partial charge in [-0.2, -0.15) is 0 Å². The average Bonchev–Trinajstić information content (AvgIpc) is 2.69. The molecule has 0 N–H and O–H groups in total. The molecule has 1 aromatic heterocycles. The quantitative estimate of drug-likeness (QED) is 0.707. The van der Waals surface area contributed by atoms with Crippen molar-refractivity contribution < 1.29 is 0 Å². The van der Waals surface area contributed by atoms with E-state index in [1.54, 1.807) is 11.3 Å². The highest BCUT2D eigenvalue weighted by atomic mass is 35.5. The van der Waals surface area contributed by atoms with Crippen LogP contribution in [-0.4, -0.2) is 11.8 Å². The van der Waals surface area contributed by atoms with Gasteiger partial charge >= 0.3 is 0 Å². The minimum absolute atomic E-state index is 0.381. The van der Waals surface area contributed by atoms with Crippen LogP contribution in [0.15, 0.2) is 29.6 Å².